The molecule has 0 radical (unpaired) electrons. The van der Waals surface area contributed by atoms with Gasteiger partial charge in [-0.05, 0) is 31.4 Å². The fraction of sp³-hybridized carbons (Fsp3) is 0.333. The predicted octanol–water partition coefficient (Wildman–Crippen LogP) is 2.21. The third-order valence-electron chi connectivity index (χ3n) is 2.94. The Morgan fingerprint density at radius 1 is 1.42 bits per heavy atom. The van der Waals surface area contributed by atoms with Crippen molar-refractivity contribution < 1.29 is 19.7 Å². The van der Waals surface area contributed by atoms with Gasteiger partial charge in [-0.25, -0.2) is 0 Å². The lowest BCUT2D eigenvalue weighted by Crippen LogP contribution is -2.18. The number of non-ortho nitro benzene ring substituents is 1. The molecule has 1 N–H and O–H groups in total. The van der Waals surface area contributed by atoms with Crippen LogP contribution in [-0.2, 0) is 4.79 Å². The molecule has 0 spiro atoms. The second-order valence-electron chi connectivity index (χ2n) is 4.21. The number of aliphatic carboxylic acids is 1. The third-order valence-corrected chi connectivity index (χ3v) is 2.94. The minimum atomic E-state index is -0.899. The van der Waals surface area contributed by atoms with Crippen LogP contribution < -0.4 is 4.84 Å². The Morgan fingerprint density at radius 3 is 2.68 bits per heavy atom. The zero-order valence-corrected chi connectivity index (χ0v) is 9.98. The molecule has 7 nitrogen and oxygen atoms in total. The molecule has 1 aromatic carbocycles. The number of hydrogen-bond acceptors (Lipinski definition) is 5. The van der Waals surface area contributed by atoms with Crippen molar-refractivity contribution in [3.8, 4) is 5.75 Å². The molecule has 0 aromatic heterocycles. The standard InChI is InChI=1S/C12H12N2O5/c15-12(16)10-2-1-3-11(10)13-19-9-6-4-8(5-7-9)14(17)18/h4-7,10H,1-3H2,(H,15,16)/b13-11+. The first-order valence-electron chi connectivity index (χ1n) is 5.79. The van der Waals surface area contributed by atoms with E-state index < -0.39 is 16.8 Å². The maximum atomic E-state index is 10.9. The van der Waals surface area contributed by atoms with Crippen molar-refractivity contribution in [3.05, 3.63) is 34.4 Å². The van der Waals surface area contributed by atoms with Crippen molar-refractivity contribution in [2.45, 2.75) is 19.3 Å². The van der Waals surface area contributed by atoms with E-state index in [2.05, 4.69) is 5.16 Å². The van der Waals surface area contributed by atoms with E-state index in [0.717, 1.165) is 6.42 Å². The number of oxime groups is 1. The van der Waals surface area contributed by atoms with Gasteiger partial charge in [-0.15, -0.1) is 0 Å². The Morgan fingerprint density at radius 2 is 2.11 bits per heavy atom. The van der Waals surface area contributed by atoms with E-state index in [4.69, 9.17) is 9.94 Å². The van der Waals surface area contributed by atoms with Crippen LogP contribution in [0.4, 0.5) is 5.69 Å². The summed E-state index contributed by atoms with van der Waals surface area (Å²) in [5, 5.41) is 23.3. The molecule has 7 heteroatoms. The maximum Gasteiger partial charge on any atom is 0.312 e. The molecule has 1 saturated carbocycles. The highest BCUT2D eigenvalue weighted by molar-refractivity contribution is 6.02. The summed E-state index contributed by atoms with van der Waals surface area (Å²) in [7, 11) is 0. The van der Waals surface area contributed by atoms with Crippen LogP contribution in [0.5, 0.6) is 5.75 Å². The van der Waals surface area contributed by atoms with Gasteiger partial charge in [-0.3, -0.25) is 14.9 Å². The number of nitro groups is 1. The van der Waals surface area contributed by atoms with E-state index in [0.29, 0.717) is 24.3 Å². The average Bonchev–Trinajstić information content (AvgIpc) is 2.85. The lowest BCUT2D eigenvalue weighted by molar-refractivity contribution is -0.384. The maximum absolute atomic E-state index is 10.9. The predicted molar refractivity (Wildman–Crippen MR) is 66.1 cm³/mol. The average molecular weight is 264 g/mol. The van der Waals surface area contributed by atoms with Crippen molar-refractivity contribution in [1.29, 1.82) is 0 Å². The Bertz CT molecular complexity index is 523. The monoisotopic (exact) mass is 264 g/mol. The van der Waals surface area contributed by atoms with Gasteiger partial charge in [0.2, 0.25) is 0 Å². The number of nitrogens with zero attached hydrogens (tertiary/aromatic N) is 2. The highest BCUT2D eigenvalue weighted by Gasteiger charge is 2.29. The highest BCUT2D eigenvalue weighted by atomic mass is 16.6. The van der Waals surface area contributed by atoms with E-state index in [1.54, 1.807) is 0 Å². The van der Waals surface area contributed by atoms with E-state index in [9.17, 15) is 14.9 Å². The molecule has 0 saturated heterocycles. The van der Waals surface area contributed by atoms with E-state index in [1.165, 1.54) is 24.3 Å². The van der Waals surface area contributed by atoms with Gasteiger partial charge in [-0.2, -0.15) is 0 Å². The van der Waals surface area contributed by atoms with E-state index in [-0.39, 0.29) is 5.69 Å². The zero-order chi connectivity index (χ0) is 13.8. The van der Waals surface area contributed by atoms with Gasteiger partial charge in [-0.1, -0.05) is 5.16 Å². The Hall–Kier alpha value is -2.44. The molecule has 1 atom stereocenters. The molecule has 0 heterocycles. The number of benzene rings is 1. The quantitative estimate of drug-likeness (QED) is 0.663. The van der Waals surface area contributed by atoms with Crippen LogP contribution in [0.3, 0.4) is 0 Å². The molecule has 0 bridgehead atoms. The minimum Gasteiger partial charge on any atom is -0.481 e. The van der Waals surface area contributed by atoms with Crippen LogP contribution in [0.1, 0.15) is 19.3 Å². The topological polar surface area (TPSA) is 102 Å². The number of nitro benzene ring substituents is 1. The molecule has 0 amide bonds. The summed E-state index contributed by atoms with van der Waals surface area (Å²) < 4.78 is 0. The van der Waals surface area contributed by atoms with Gasteiger partial charge >= 0.3 is 5.97 Å². The summed E-state index contributed by atoms with van der Waals surface area (Å²) in [6, 6.07) is 5.46. The van der Waals surface area contributed by atoms with E-state index >= 15 is 0 Å². The van der Waals surface area contributed by atoms with Crippen molar-refractivity contribution >= 4 is 17.4 Å². The molecule has 100 valence electrons. The summed E-state index contributed by atoms with van der Waals surface area (Å²) in [4.78, 5) is 26.0. The van der Waals surface area contributed by atoms with Crippen molar-refractivity contribution in [3.63, 3.8) is 0 Å². The number of rotatable bonds is 4. The second-order valence-corrected chi connectivity index (χ2v) is 4.21. The number of carboxylic acids is 1. The summed E-state index contributed by atoms with van der Waals surface area (Å²) in [5.41, 5.74) is 0.468. The fourth-order valence-corrected chi connectivity index (χ4v) is 1.94. The lowest BCUT2D eigenvalue weighted by Gasteiger charge is -2.04. The molecule has 1 aliphatic carbocycles. The van der Waals surface area contributed by atoms with Gasteiger partial charge in [0.15, 0.2) is 5.75 Å². The van der Waals surface area contributed by atoms with Crippen LogP contribution in [0, 0.1) is 16.0 Å². The first kappa shape index (κ1) is 13.0. The largest absolute Gasteiger partial charge is 0.481 e. The normalized spacial score (nSPS) is 20.4. The molecule has 1 aromatic rings. The minimum absolute atomic E-state index is 0.0377. The van der Waals surface area contributed by atoms with Gasteiger partial charge in [0.1, 0.15) is 0 Å². The molecular weight excluding hydrogens is 252 g/mol. The van der Waals surface area contributed by atoms with Crippen molar-refractivity contribution in [2.24, 2.45) is 11.1 Å². The van der Waals surface area contributed by atoms with Gasteiger partial charge in [0.05, 0.1) is 16.6 Å². The zero-order valence-electron chi connectivity index (χ0n) is 9.98. The van der Waals surface area contributed by atoms with Crippen molar-refractivity contribution in [2.75, 3.05) is 0 Å². The van der Waals surface area contributed by atoms with Crippen molar-refractivity contribution in [1.82, 2.24) is 0 Å². The SMILES string of the molecule is O=C(O)C1CCC/C1=N\Oc1ccc([N+](=O)[O-])cc1. The van der Waals surface area contributed by atoms with Crippen LogP contribution in [0.2, 0.25) is 0 Å². The number of carbonyl (C=O) groups is 1. The Balaban J connectivity index is 2.05. The fourth-order valence-electron chi connectivity index (χ4n) is 1.94. The highest BCUT2D eigenvalue weighted by Crippen LogP contribution is 2.24. The Kier molecular flexibility index (Phi) is 3.74. The molecule has 2 rings (SSSR count). The number of carboxylic acid groups (broad SMARTS) is 1. The summed E-state index contributed by atoms with van der Waals surface area (Å²) in [6.07, 6.45) is 1.95. The molecule has 1 aliphatic rings. The van der Waals surface area contributed by atoms with Gasteiger partial charge < -0.3 is 9.94 Å². The summed E-state index contributed by atoms with van der Waals surface area (Å²) >= 11 is 0. The number of hydrogen-bond donors (Lipinski definition) is 1. The first-order chi connectivity index (χ1) is 9.08. The molecule has 1 unspecified atom stereocenters. The first-order valence-corrected chi connectivity index (χ1v) is 5.79. The second kappa shape index (κ2) is 5.47. The lowest BCUT2D eigenvalue weighted by atomic mass is 10.1. The molecular formula is C12H12N2O5. The molecule has 19 heavy (non-hydrogen) atoms. The molecule has 1 fully saturated rings. The van der Waals surface area contributed by atoms with E-state index in [1.807, 2.05) is 0 Å². The third kappa shape index (κ3) is 3.06. The van der Waals surface area contributed by atoms with Crippen LogP contribution >= 0.6 is 0 Å². The van der Waals surface area contributed by atoms with Crippen LogP contribution in [-0.4, -0.2) is 21.7 Å². The molecule has 0 aliphatic heterocycles. The van der Waals surface area contributed by atoms with Crippen LogP contribution in [0.15, 0.2) is 29.4 Å². The van der Waals surface area contributed by atoms with Gasteiger partial charge in [0, 0.05) is 12.1 Å². The Labute approximate surface area is 108 Å². The van der Waals surface area contributed by atoms with Gasteiger partial charge in [0.25, 0.3) is 5.69 Å². The summed E-state index contributed by atoms with van der Waals surface area (Å²) in [6.45, 7) is 0. The van der Waals surface area contributed by atoms with Crippen LogP contribution in [0.25, 0.3) is 0 Å². The summed E-state index contributed by atoms with van der Waals surface area (Å²) in [5.74, 6) is -1.14. The smallest absolute Gasteiger partial charge is 0.312 e.